The number of fused-ring (bicyclic) bond motifs is 1. The summed E-state index contributed by atoms with van der Waals surface area (Å²) >= 11 is 0. The highest BCUT2D eigenvalue weighted by Gasteiger charge is 2.32. The van der Waals surface area contributed by atoms with Gasteiger partial charge < -0.3 is 29.3 Å². The first kappa shape index (κ1) is 35.6. The summed E-state index contributed by atoms with van der Waals surface area (Å²) in [5, 5.41) is 2.60. The van der Waals surface area contributed by atoms with Crippen LogP contribution >= 0.6 is 0 Å². The lowest BCUT2D eigenvalue weighted by Gasteiger charge is -2.38. The topological polar surface area (TPSA) is 117 Å². The summed E-state index contributed by atoms with van der Waals surface area (Å²) in [5.41, 5.74) is 2.13. The number of halogens is 3. The Morgan fingerprint density at radius 1 is 0.887 bits per heavy atom. The number of pyridine rings is 1. The van der Waals surface area contributed by atoms with Gasteiger partial charge in [-0.2, -0.15) is 13.2 Å². The Morgan fingerprint density at radius 2 is 1.66 bits per heavy atom. The highest BCUT2D eigenvalue weighted by molar-refractivity contribution is 6.04. The number of benzene rings is 3. The van der Waals surface area contributed by atoms with Gasteiger partial charge in [0, 0.05) is 63.1 Å². The standard InChI is InChI=1S/C38H37F3N6O6/c1-25-19-30(9-11-31(25)53-34-12-8-29(21-42-34)43-36(49)27-4-6-28(7-5-27)38(39,40)41)47-14-2-13-46(37(47)50)23-35(48)45-17-15-44(16-18-45)22-26-3-10-32-33(20-26)52-24-51-32/h3-12,19-21H,2,13-18,22-24H2,1H3,(H,43,49). The maximum atomic E-state index is 13.6. The predicted molar refractivity (Wildman–Crippen MR) is 188 cm³/mol. The molecule has 0 atom stereocenters. The molecule has 2 saturated heterocycles. The van der Waals surface area contributed by atoms with Crippen LogP contribution < -0.4 is 24.4 Å². The van der Waals surface area contributed by atoms with Crippen LogP contribution in [0.4, 0.5) is 29.3 Å². The van der Waals surface area contributed by atoms with Crippen molar-refractivity contribution in [2.45, 2.75) is 26.1 Å². The molecule has 3 aliphatic rings. The van der Waals surface area contributed by atoms with Crippen molar-refractivity contribution in [3.63, 3.8) is 0 Å². The average Bonchev–Trinajstić information content (AvgIpc) is 3.62. The first-order valence-electron chi connectivity index (χ1n) is 17.2. The number of nitrogens with zero attached hydrogens (tertiary/aromatic N) is 5. The molecule has 3 aliphatic heterocycles. The molecule has 3 aromatic carbocycles. The van der Waals surface area contributed by atoms with Gasteiger partial charge in [-0.05, 0) is 85.1 Å². The summed E-state index contributed by atoms with van der Waals surface area (Å²) in [7, 11) is 0. The molecule has 4 aromatic rings. The minimum atomic E-state index is -4.49. The molecule has 0 saturated carbocycles. The Hall–Kier alpha value is -5.83. The molecule has 0 unspecified atom stereocenters. The second-order valence-electron chi connectivity index (χ2n) is 13.0. The number of aryl methyl sites for hydroxylation is 1. The van der Waals surface area contributed by atoms with Gasteiger partial charge in [0.15, 0.2) is 11.5 Å². The lowest BCUT2D eigenvalue weighted by atomic mass is 10.1. The van der Waals surface area contributed by atoms with Gasteiger partial charge in [-0.3, -0.25) is 19.4 Å². The summed E-state index contributed by atoms with van der Waals surface area (Å²) in [5.74, 6) is 1.62. The van der Waals surface area contributed by atoms with Crippen molar-refractivity contribution in [1.29, 1.82) is 0 Å². The molecule has 1 aromatic heterocycles. The molecule has 4 amide bonds. The smallest absolute Gasteiger partial charge is 0.416 e. The number of alkyl halides is 3. The number of hydrogen-bond donors (Lipinski definition) is 1. The van der Waals surface area contributed by atoms with Gasteiger partial charge in [0.25, 0.3) is 5.91 Å². The summed E-state index contributed by atoms with van der Waals surface area (Å²) in [6.07, 6.45) is -2.40. The molecule has 0 radical (unpaired) electrons. The molecule has 7 rings (SSSR count). The van der Waals surface area contributed by atoms with E-state index in [9.17, 15) is 27.6 Å². The van der Waals surface area contributed by atoms with Crippen LogP contribution in [-0.2, 0) is 17.5 Å². The van der Waals surface area contributed by atoms with E-state index >= 15 is 0 Å². The molecule has 15 heteroatoms. The van der Waals surface area contributed by atoms with Gasteiger partial charge in [-0.15, -0.1) is 0 Å². The SMILES string of the molecule is Cc1cc(N2CCCN(CC(=O)N3CCN(Cc4ccc5c(c4)OCO5)CC3)C2=O)ccc1Oc1ccc(NC(=O)c2ccc(C(F)(F)F)cc2)cn1. The molecule has 4 heterocycles. The molecule has 0 aliphatic carbocycles. The minimum Gasteiger partial charge on any atom is -0.454 e. The second kappa shape index (κ2) is 15.0. The lowest BCUT2D eigenvalue weighted by Crippen LogP contribution is -2.55. The van der Waals surface area contributed by atoms with E-state index < -0.39 is 17.6 Å². The Balaban J connectivity index is 0.894. The number of piperazine rings is 1. The summed E-state index contributed by atoms with van der Waals surface area (Å²) < 4.78 is 55.3. The summed E-state index contributed by atoms with van der Waals surface area (Å²) in [6, 6.07) is 18.1. The van der Waals surface area contributed by atoms with Gasteiger partial charge in [-0.1, -0.05) is 6.07 Å². The van der Waals surface area contributed by atoms with Crippen molar-refractivity contribution in [3.05, 3.63) is 101 Å². The van der Waals surface area contributed by atoms with Crippen LogP contribution in [0.5, 0.6) is 23.1 Å². The van der Waals surface area contributed by atoms with Crippen LogP contribution in [0.3, 0.4) is 0 Å². The number of hydrogen-bond acceptors (Lipinski definition) is 8. The molecule has 53 heavy (non-hydrogen) atoms. The van der Waals surface area contributed by atoms with Crippen LogP contribution in [0, 0.1) is 6.92 Å². The zero-order valence-electron chi connectivity index (χ0n) is 28.9. The largest absolute Gasteiger partial charge is 0.454 e. The fraction of sp³-hybridized carbons (Fsp3) is 0.316. The van der Waals surface area contributed by atoms with Crippen LogP contribution in [0.25, 0.3) is 0 Å². The van der Waals surface area contributed by atoms with Gasteiger partial charge >= 0.3 is 12.2 Å². The molecule has 1 N–H and O–H groups in total. The number of carbonyl (C=O) groups excluding carboxylic acids is 3. The molecule has 2 fully saturated rings. The van der Waals surface area contributed by atoms with Crippen molar-refractivity contribution in [2.75, 3.05) is 62.8 Å². The number of ether oxygens (including phenoxy) is 3. The highest BCUT2D eigenvalue weighted by Crippen LogP contribution is 2.34. The molecule has 276 valence electrons. The molecular formula is C38H37F3N6O6. The van der Waals surface area contributed by atoms with Crippen LogP contribution in [-0.4, -0.2) is 90.1 Å². The number of rotatable bonds is 9. The van der Waals surface area contributed by atoms with E-state index in [0.717, 1.165) is 66.5 Å². The van der Waals surface area contributed by atoms with E-state index in [1.54, 1.807) is 34.1 Å². The van der Waals surface area contributed by atoms with Gasteiger partial charge in [0.2, 0.25) is 18.6 Å². The Morgan fingerprint density at radius 3 is 2.38 bits per heavy atom. The fourth-order valence-corrected chi connectivity index (χ4v) is 6.44. The number of nitrogens with one attached hydrogen (secondary N) is 1. The maximum absolute atomic E-state index is 13.6. The Bertz CT molecular complexity index is 1980. The molecule has 0 spiro atoms. The van der Waals surface area contributed by atoms with Crippen molar-refractivity contribution in [3.8, 4) is 23.1 Å². The van der Waals surface area contributed by atoms with Gasteiger partial charge in [0.1, 0.15) is 12.3 Å². The summed E-state index contributed by atoms with van der Waals surface area (Å²) in [4.78, 5) is 51.0. The normalized spacial score (nSPS) is 16.2. The van der Waals surface area contributed by atoms with E-state index in [0.29, 0.717) is 49.7 Å². The average molecular weight is 731 g/mol. The third-order valence-corrected chi connectivity index (χ3v) is 9.36. The van der Waals surface area contributed by atoms with Crippen LogP contribution in [0.1, 0.15) is 33.5 Å². The number of amides is 4. The Labute approximate surface area is 303 Å². The fourth-order valence-electron chi connectivity index (χ4n) is 6.44. The number of anilines is 2. The first-order valence-corrected chi connectivity index (χ1v) is 17.2. The minimum absolute atomic E-state index is 0.0180. The Kier molecular flexibility index (Phi) is 10.1. The van der Waals surface area contributed by atoms with Crippen molar-refractivity contribution < 1.29 is 41.8 Å². The zero-order chi connectivity index (χ0) is 37.1. The van der Waals surface area contributed by atoms with Crippen LogP contribution in [0.2, 0.25) is 0 Å². The van der Waals surface area contributed by atoms with Crippen molar-refractivity contribution in [2.24, 2.45) is 0 Å². The van der Waals surface area contributed by atoms with Crippen LogP contribution in [0.15, 0.2) is 79.0 Å². The molecule has 0 bridgehead atoms. The number of carbonyl (C=O) groups is 3. The van der Waals surface area contributed by atoms with Gasteiger partial charge in [-0.25, -0.2) is 9.78 Å². The third-order valence-electron chi connectivity index (χ3n) is 9.36. The molecular weight excluding hydrogens is 693 g/mol. The summed E-state index contributed by atoms with van der Waals surface area (Å²) in [6.45, 7) is 6.51. The maximum Gasteiger partial charge on any atom is 0.416 e. The highest BCUT2D eigenvalue weighted by atomic mass is 19.4. The molecule has 12 nitrogen and oxygen atoms in total. The predicted octanol–water partition coefficient (Wildman–Crippen LogP) is 6.16. The number of urea groups is 1. The van der Waals surface area contributed by atoms with Crippen molar-refractivity contribution in [1.82, 2.24) is 19.7 Å². The first-order chi connectivity index (χ1) is 25.5. The third kappa shape index (κ3) is 8.30. The monoisotopic (exact) mass is 730 g/mol. The second-order valence-corrected chi connectivity index (χ2v) is 13.0. The van der Waals surface area contributed by atoms with E-state index in [2.05, 4.69) is 15.2 Å². The number of aromatic nitrogens is 1. The zero-order valence-corrected chi connectivity index (χ0v) is 28.9. The van der Waals surface area contributed by atoms with E-state index in [-0.39, 0.29) is 36.7 Å². The lowest BCUT2D eigenvalue weighted by molar-refractivity contribution is -0.137. The van der Waals surface area contributed by atoms with E-state index in [4.69, 9.17) is 14.2 Å². The van der Waals surface area contributed by atoms with Gasteiger partial charge in [0.05, 0.1) is 17.4 Å². The van der Waals surface area contributed by atoms with Crippen molar-refractivity contribution >= 4 is 29.2 Å². The quantitative estimate of drug-likeness (QED) is 0.218. The van der Waals surface area contributed by atoms with E-state index in [1.165, 1.54) is 6.20 Å². The van der Waals surface area contributed by atoms with E-state index in [1.807, 2.05) is 36.1 Å².